The van der Waals surface area contributed by atoms with Crippen LogP contribution < -0.4 is 10.2 Å². The number of hydrogen-bond donors (Lipinski definition) is 1. The SMILES string of the molecule is Cc1ccc(N2CCCN(Cc3ccccc3C)C2=O)c(NC(=O)c2ccccc2F)c1. The zero-order valence-corrected chi connectivity index (χ0v) is 18.3. The number of carbonyl (C=O) groups excluding carboxylic acids is 2. The standard InChI is InChI=1S/C26H26FN3O2/c1-18-12-13-24(23(16-18)28-25(31)21-10-5-6-11-22(21)27)30-15-7-14-29(26(30)32)17-20-9-4-3-8-19(20)2/h3-6,8-13,16H,7,14-15,17H2,1-2H3,(H,28,31). The fourth-order valence-electron chi connectivity index (χ4n) is 3.97. The first-order valence-electron chi connectivity index (χ1n) is 10.7. The molecule has 1 aliphatic rings. The van der Waals surface area contributed by atoms with Crippen molar-refractivity contribution in [3.8, 4) is 0 Å². The van der Waals surface area contributed by atoms with Crippen molar-refractivity contribution in [1.82, 2.24) is 4.90 Å². The second-order valence-electron chi connectivity index (χ2n) is 8.09. The van der Waals surface area contributed by atoms with Crippen LogP contribution in [-0.2, 0) is 6.54 Å². The molecule has 0 aromatic heterocycles. The number of halogens is 1. The molecule has 0 aliphatic carbocycles. The van der Waals surface area contributed by atoms with E-state index in [-0.39, 0.29) is 11.6 Å². The molecule has 0 radical (unpaired) electrons. The van der Waals surface area contributed by atoms with Gasteiger partial charge in [-0.15, -0.1) is 0 Å². The summed E-state index contributed by atoms with van der Waals surface area (Å²) in [5, 5.41) is 2.81. The van der Waals surface area contributed by atoms with Crippen LogP contribution in [0.2, 0.25) is 0 Å². The summed E-state index contributed by atoms with van der Waals surface area (Å²) < 4.78 is 14.1. The first kappa shape index (κ1) is 21.6. The van der Waals surface area contributed by atoms with Gasteiger partial charge in [-0.25, -0.2) is 9.18 Å². The molecule has 0 atom stereocenters. The molecule has 1 aliphatic heterocycles. The maximum atomic E-state index is 14.1. The van der Waals surface area contributed by atoms with Crippen LogP contribution in [0.15, 0.2) is 66.7 Å². The molecular weight excluding hydrogens is 405 g/mol. The number of nitrogens with zero attached hydrogens (tertiary/aromatic N) is 2. The summed E-state index contributed by atoms with van der Waals surface area (Å²) in [6.07, 6.45) is 0.812. The summed E-state index contributed by atoms with van der Waals surface area (Å²) >= 11 is 0. The quantitative estimate of drug-likeness (QED) is 0.578. The van der Waals surface area contributed by atoms with E-state index in [0.717, 1.165) is 23.1 Å². The van der Waals surface area contributed by atoms with E-state index in [2.05, 4.69) is 5.32 Å². The maximum absolute atomic E-state index is 14.1. The van der Waals surface area contributed by atoms with Crippen molar-refractivity contribution in [3.05, 3.63) is 94.8 Å². The highest BCUT2D eigenvalue weighted by molar-refractivity contribution is 6.07. The molecule has 4 rings (SSSR count). The average Bonchev–Trinajstić information content (AvgIpc) is 2.77. The van der Waals surface area contributed by atoms with Crippen LogP contribution >= 0.6 is 0 Å². The summed E-state index contributed by atoms with van der Waals surface area (Å²) in [4.78, 5) is 29.6. The van der Waals surface area contributed by atoms with E-state index in [1.807, 2.05) is 61.2 Å². The van der Waals surface area contributed by atoms with Gasteiger partial charge in [0.2, 0.25) is 0 Å². The van der Waals surface area contributed by atoms with Gasteiger partial charge in [0.05, 0.1) is 16.9 Å². The van der Waals surface area contributed by atoms with Crippen LogP contribution in [0.25, 0.3) is 0 Å². The number of urea groups is 1. The van der Waals surface area contributed by atoms with Crippen LogP contribution in [-0.4, -0.2) is 29.9 Å². The second kappa shape index (κ2) is 9.22. The van der Waals surface area contributed by atoms with Gasteiger partial charge >= 0.3 is 6.03 Å². The molecule has 164 valence electrons. The predicted octanol–water partition coefficient (Wildman–Crippen LogP) is 5.53. The van der Waals surface area contributed by atoms with Gasteiger partial charge in [-0.2, -0.15) is 0 Å². The molecule has 3 aromatic rings. The van der Waals surface area contributed by atoms with E-state index in [9.17, 15) is 14.0 Å². The molecule has 0 spiro atoms. The van der Waals surface area contributed by atoms with Gasteiger partial charge in [0.15, 0.2) is 0 Å². The topological polar surface area (TPSA) is 52.6 Å². The molecular formula is C26H26FN3O2. The molecule has 0 bridgehead atoms. The number of aryl methyl sites for hydroxylation is 2. The molecule has 5 nitrogen and oxygen atoms in total. The predicted molar refractivity (Wildman–Crippen MR) is 124 cm³/mol. The lowest BCUT2D eigenvalue weighted by atomic mass is 10.1. The Balaban J connectivity index is 1.60. The third kappa shape index (κ3) is 4.49. The molecule has 0 unspecified atom stereocenters. The summed E-state index contributed by atoms with van der Waals surface area (Å²) in [6, 6.07) is 19.3. The Morgan fingerprint density at radius 1 is 1.00 bits per heavy atom. The summed E-state index contributed by atoms with van der Waals surface area (Å²) in [5.74, 6) is -1.13. The van der Waals surface area contributed by atoms with Gasteiger partial charge in [-0.05, 0) is 61.2 Å². The molecule has 1 fully saturated rings. The summed E-state index contributed by atoms with van der Waals surface area (Å²) in [5.41, 5.74) is 4.25. The van der Waals surface area contributed by atoms with Gasteiger partial charge < -0.3 is 10.2 Å². The Morgan fingerprint density at radius 2 is 1.75 bits per heavy atom. The van der Waals surface area contributed by atoms with E-state index < -0.39 is 11.7 Å². The lowest BCUT2D eigenvalue weighted by Crippen LogP contribution is -2.49. The summed E-state index contributed by atoms with van der Waals surface area (Å²) in [6.45, 7) is 5.70. The molecule has 3 aromatic carbocycles. The van der Waals surface area contributed by atoms with Crippen molar-refractivity contribution < 1.29 is 14.0 Å². The van der Waals surface area contributed by atoms with Crippen molar-refractivity contribution in [2.24, 2.45) is 0 Å². The van der Waals surface area contributed by atoms with E-state index in [1.165, 1.54) is 12.1 Å². The fraction of sp³-hybridized carbons (Fsp3) is 0.231. The zero-order chi connectivity index (χ0) is 22.7. The molecule has 1 heterocycles. The molecule has 0 saturated carbocycles. The minimum atomic E-state index is -0.586. The monoisotopic (exact) mass is 431 g/mol. The number of amides is 3. The third-order valence-electron chi connectivity index (χ3n) is 5.74. The van der Waals surface area contributed by atoms with Crippen molar-refractivity contribution in [2.45, 2.75) is 26.8 Å². The number of hydrogen-bond acceptors (Lipinski definition) is 2. The van der Waals surface area contributed by atoms with Gasteiger partial charge in [0.25, 0.3) is 5.91 Å². The number of carbonyl (C=O) groups is 2. The number of benzene rings is 3. The smallest absolute Gasteiger partial charge is 0.320 e. The molecule has 1 saturated heterocycles. The number of anilines is 2. The third-order valence-corrected chi connectivity index (χ3v) is 5.74. The van der Waals surface area contributed by atoms with Crippen molar-refractivity contribution >= 4 is 23.3 Å². The first-order valence-corrected chi connectivity index (χ1v) is 10.7. The van der Waals surface area contributed by atoms with E-state index >= 15 is 0 Å². The number of rotatable bonds is 5. The molecule has 6 heteroatoms. The second-order valence-corrected chi connectivity index (χ2v) is 8.09. The highest BCUT2D eigenvalue weighted by Gasteiger charge is 2.29. The Labute approximate surface area is 187 Å². The highest BCUT2D eigenvalue weighted by atomic mass is 19.1. The molecule has 3 amide bonds. The van der Waals surface area contributed by atoms with Crippen molar-refractivity contribution in [3.63, 3.8) is 0 Å². The van der Waals surface area contributed by atoms with Crippen molar-refractivity contribution in [2.75, 3.05) is 23.3 Å². The largest absolute Gasteiger partial charge is 0.324 e. The Bertz CT molecular complexity index is 1160. The van der Waals surface area contributed by atoms with Gasteiger partial charge in [-0.3, -0.25) is 9.69 Å². The van der Waals surface area contributed by atoms with Crippen LogP contribution in [0.4, 0.5) is 20.6 Å². The average molecular weight is 432 g/mol. The lowest BCUT2D eigenvalue weighted by molar-refractivity contribution is 0.102. The molecule has 1 N–H and O–H groups in total. The Kier molecular flexibility index (Phi) is 6.21. The van der Waals surface area contributed by atoms with Gasteiger partial charge in [0, 0.05) is 19.6 Å². The lowest BCUT2D eigenvalue weighted by Gasteiger charge is -2.36. The fourth-order valence-corrected chi connectivity index (χ4v) is 3.97. The van der Waals surface area contributed by atoms with E-state index in [4.69, 9.17) is 0 Å². The van der Waals surface area contributed by atoms with Crippen molar-refractivity contribution in [1.29, 1.82) is 0 Å². The van der Waals surface area contributed by atoms with Crippen LogP contribution in [0.5, 0.6) is 0 Å². The normalized spacial score (nSPS) is 13.9. The van der Waals surface area contributed by atoms with Gasteiger partial charge in [0.1, 0.15) is 5.82 Å². The Morgan fingerprint density at radius 3 is 2.53 bits per heavy atom. The zero-order valence-electron chi connectivity index (χ0n) is 18.3. The number of nitrogens with one attached hydrogen (secondary N) is 1. The maximum Gasteiger partial charge on any atom is 0.324 e. The first-order chi connectivity index (χ1) is 15.4. The van der Waals surface area contributed by atoms with Gasteiger partial charge in [-0.1, -0.05) is 42.5 Å². The Hall–Kier alpha value is -3.67. The minimum Gasteiger partial charge on any atom is -0.320 e. The highest BCUT2D eigenvalue weighted by Crippen LogP contribution is 2.31. The summed E-state index contributed by atoms with van der Waals surface area (Å²) in [7, 11) is 0. The molecule has 32 heavy (non-hydrogen) atoms. The minimum absolute atomic E-state index is 0.0360. The van der Waals surface area contributed by atoms with Crippen LogP contribution in [0.1, 0.15) is 33.5 Å². The van der Waals surface area contributed by atoms with E-state index in [0.29, 0.717) is 31.0 Å². The van der Waals surface area contributed by atoms with Crippen LogP contribution in [0, 0.1) is 19.7 Å². The van der Waals surface area contributed by atoms with E-state index in [1.54, 1.807) is 17.0 Å². The van der Waals surface area contributed by atoms with Crippen LogP contribution in [0.3, 0.4) is 0 Å².